The number of alkyl halides is 1. The van der Waals surface area contributed by atoms with Gasteiger partial charge < -0.3 is 4.74 Å². The smallest absolute Gasteiger partial charge is 0.242 e. The van der Waals surface area contributed by atoms with E-state index in [1.54, 1.807) is 43.1 Å². The summed E-state index contributed by atoms with van der Waals surface area (Å²) in [6.07, 6.45) is 1.95. The Morgan fingerprint density at radius 2 is 1.95 bits per heavy atom. The van der Waals surface area contributed by atoms with E-state index >= 15 is 0 Å². The van der Waals surface area contributed by atoms with Crippen molar-refractivity contribution >= 4 is 33.4 Å². The molecule has 0 saturated carbocycles. The Bertz CT molecular complexity index is 476. The van der Waals surface area contributed by atoms with Crippen LogP contribution in [-0.2, 0) is 10.0 Å². The average molecular weight is 324 g/mol. The van der Waals surface area contributed by atoms with Crippen molar-refractivity contribution in [3.8, 4) is 5.75 Å². The number of ether oxygens (including phenoxy) is 1. The lowest BCUT2D eigenvalue weighted by Gasteiger charge is -2.16. The van der Waals surface area contributed by atoms with E-state index < -0.39 is 10.0 Å². The van der Waals surface area contributed by atoms with Crippen LogP contribution in [0.5, 0.6) is 5.75 Å². The molecule has 0 aromatic heterocycles. The number of hydrogen-bond donors (Lipinski definition) is 0. The molecule has 19 heavy (non-hydrogen) atoms. The summed E-state index contributed by atoms with van der Waals surface area (Å²) < 4.78 is 31.1. The molecule has 0 aliphatic rings. The van der Waals surface area contributed by atoms with Gasteiger partial charge in [-0.1, -0.05) is 0 Å². The van der Waals surface area contributed by atoms with Crippen LogP contribution >= 0.6 is 23.4 Å². The van der Waals surface area contributed by atoms with Crippen LogP contribution in [0, 0.1) is 0 Å². The molecule has 1 aromatic rings. The zero-order chi connectivity index (χ0) is 14.3. The molecule has 0 aliphatic heterocycles. The number of sulfonamides is 1. The summed E-state index contributed by atoms with van der Waals surface area (Å²) in [6, 6.07) is 6.38. The van der Waals surface area contributed by atoms with Gasteiger partial charge in [0.1, 0.15) is 12.4 Å². The van der Waals surface area contributed by atoms with Gasteiger partial charge in [-0.25, -0.2) is 12.7 Å². The molecule has 1 aromatic carbocycles. The van der Waals surface area contributed by atoms with E-state index in [2.05, 4.69) is 0 Å². The van der Waals surface area contributed by atoms with Gasteiger partial charge >= 0.3 is 0 Å². The minimum Gasteiger partial charge on any atom is -0.492 e. The predicted molar refractivity (Wildman–Crippen MR) is 80.9 cm³/mol. The van der Waals surface area contributed by atoms with Crippen molar-refractivity contribution in [2.45, 2.75) is 4.90 Å². The van der Waals surface area contributed by atoms with Gasteiger partial charge in [-0.05, 0) is 30.5 Å². The second-order valence-electron chi connectivity index (χ2n) is 3.83. The summed E-state index contributed by atoms with van der Waals surface area (Å²) in [5, 5.41) is 0. The van der Waals surface area contributed by atoms with Crippen LogP contribution in [-0.4, -0.2) is 50.8 Å². The largest absolute Gasteiger partial charge is 0.492 e. The van der Waals surface area contributed by atoms with E-state index in [4.69, 9.17) is 16.3 Å². The van der Waals surface area contributed by atoms with Gasteiger partial charge in [0.15, 0.2) is 0 Å². The van der Waals surface area contributed by atoms with Crippen LogP contribution in [0.3, 0.4) is 0 Å². The quantitative estimate of drug-likeness (QED) is 0.689. The molecule has 0 amide bonds. The summed E-state index contributed by atoms with van der Waals surface area (Å²) in [6.45, 7) is 0.898. The molecule has 1 rings (SSSR count). The Morgan fingerprint density at radius 1 is 1.32 bits per heavy atom. The maximum atomic E-state index is 12.2. The fourth-order valence-corrected chi connectivity index (χ4v) is 3.20. The monoisotopic (exact) mass is 323 g/mol. The van der Waals surface area contributed by atoms with E-state index in [1.807, 2.05) is 6.26 Å². The molecule has 108 valence electrons. The average Bonchev–Trinajstić information content (AvgIpc) is 2.42. The molecule has 0 unspecified atom stereocenters. The highest BCUT2D eigenvalue weighted by atomic mass is 35.5. The Labute approximate surface area is 124 Å². The molecule has 0 atom stereocenters. The van der Waals surface area contributed by atoms with Gasteiger partial charge in [0.2, 0.25) is 10.0 Å². The van der Waals surface area contributed by atoms with E-state index in [1.165, 1.54) is 4.31 Å². The zero-order valence-corrected chi connectivity index (χ0v) is 13.4. The molecule has 0 fully saturated rings. The SMILES string of the molecule is CSCCN(C)S(=O)(=O)c1ccc(OCCCl)cc1. The van der Waals surface area contributed by atoms with Crippen molar-refractivity contribution in [2.75, 3.05) is 38.1 Å². The molecular formula is C12H18ClNO3S2. The van der Waals surface area contributed by atoms with Crippen LogP contribution in [0.4, 0.5) is 0 Å². The minimum absolute atomic E-state index is 0.273. The summed E-state index contributed by atoms with van der Waals surface area (Å²) in [5.74, 6) is 1.79. The normalized spacial score (nSPS) is 11.8. The Balaban J connectivity index is 2.78. The van der Waals surface area contributed by atoms with Gasteiger partial charge in [-0.3, -0.25) is 0 Å². The maximum Gasteiger partial charge on any atom is 0.242 e. The lowest BCUT2D eigenvalue weighted by Crippen LogP contribution is -2.29. The van der Waals surface area contributed by atoms with Gasteiger partial charge in [-0.15, -0.1) is 11.6 Å². The first-order valence-electron chi connectivity index (χ1n) is 5.76. The molecule has 4 nitrogen and oxygen atoms in total. The Hall–Kier alpha value is -0.430. The van der Waals surface area contributed by atoms with E-state index in [0.717, 1.165) is 5.75 Å². The number of hydrogen-bond acceptors (Lipinski definition) is 4. The molecule has 7 heteroatoms. The first-order chi connectivity index (χ1) is 9.02. The van der Waals surface area contributed by atoms with Crippen LogP contribution < -0.4 is 4.74 Å². The van der Waals surface area contributed by atoms with Crippen LogP contribution in [0.15, 0.2) is 29.2 Å². The third-order valence-corrected chi connectivity index (χ3v) is 5.10. The molecule has 0 heterocycles. The predicted octanol–water partition coefficient (Wildman–Crippen LogP) is 2.29. The lowest BCUT2D eigenvalue weighted by molar-refractivity contribution is 0.342. The van der Waals surface area contributed by atoms with Crippen molar-refractivity contribution in [2.24, 2.45) is 0 Å². The Morgan fingerprint density at radius 3 is 2.47 bits per heavy atom. The molecule has 0 saturated heterocycles. The first-order valence-corrected chi connectivity index (χ1v) is 9.13. The number of thioether (sulfide) groups is 1. The van der Waals surface area contributed by atoms with Crippen molar-refractivity contribution in [3.63, 3.8) is 0 Å². The highest BCUT2D eigenvalue weighted by Crippen LogP contribution is 2.19. The molecule has 0 bridgehead atoms. The summed E-state index contributed by atoms with van der Waals surface area (Å²) in [5.41, 5.74) is 0. The second-order valence-corrected chi connectivity index (χ2v) is 7.24. The van der Waals surface area contributed by atoms with Crippen LogP contribution in [0.1, 0.15) is 0 Å². The number of rotatable bonds is 8. The molecule has 0 aliphatic carbocycles. The molecular weight excluding hydrogens is 306 g/mol. The van der Waals surface area contributed by atoms with Crippen LogP contribution in [0.25, 0.3) is 0 Å². The molecule has 0 N–H and O–H groups in total. The number of benzene rings is 1. The van der Waals surface area contributed by atoms with Gasteiger partial charge in [0, 0.05) is 19.3 Å². The fraction of sp³-hybridized carbons (Fsp3) is 0.500. The zero-order valence-electron chi connectivity index (χ0n) is 11.0. The van der Waals surface area contributed by atoms with E-state index in [0.29, 0.717) is 24.8 Å². The van der Waals surface area contributed by atoms with Gasteiger partial charge in [-0.2, -0.15) is 11.8 Å². The number of nitrogens with zero attached hydrogens (tertiary/aromatic N) is 1. The lowest BCUT2D eigenvalue weighted by atomic mass is 10.3. The third-order valence-electron chi connectivity index (χ3n) is 2.49. The summed E-state index contributed by atoms with van der Waals surface area (Å²) in [4.78, 5) is 0.273. The standard InChI is InChI=1S/C12H18ClNO3S2/c1-14(8-10-18-2)19(15,16)12-5-3-11(4-6-12)17-9-7-13/h3-6H,7-10H2,1-2H3. The van der Waals surface area contributed by atoms with E-state index in [-0.39, 0.29) is 4.90 Å². The molecule has 0 radical (unpaired) electrons. The van der Waals surface area contributed by atoms with Crippen LogP contribution in [0.2, 0.25) is 0 Å². The van der Waals surface area contributed by atoms with Crippen molar-refractivity contribution in [1.29, 1.82) is 0 Å². The first kappa shape index (κ1) is 16.6. The number of halogens is 1. The van der Waals surface area contributed by atoms with Crippen molar-refractivity contribution in [3.05, 3.63) is 24.3 Å². The second kappa shape index (κ2) is 7.99. The van der Waals surface area contributed by atoms with Gasteiger partial charge in [0.05, 0.1) is 10.8 Å². The van der Waals surface area contributed by atoms with Gasteiger partial charge in [0.25, 0.3) is 0 Å². The third kappa shape index (κ3) is 4.87. The minimum atomic E-state index is -3.41. The van der Waals surface area contributed by atoms with E-state index in [9.17, 15) is 8.42 Å². The fourth-order valence-electron chi connectivity index (χ4n) is 1.38. The Kier molecular flexibility index (Phi) is 6.99. The highest BCUT2D eigenvalue weighted by Gasteiger charge is 2.19. The maximum absolute atomic E-state index is 12.2. The summed E-state index contributed by atoms with van der Waals surface area (Å²) in [7, 11) is -1.82. The topological polar surface area (TPSA) is 46.6 Å². The highest BCUT2D eigenvalue weighted by molar-refractivity contribution is 7.98. The van der Waals surface area contributed by atoms with Crippen molar-refractivity contribution in [1.82, 2.24) is 4.31 Å². The summed E-state index contributed by atoms with van der Waals surface area (Å²) >= 11 is 7.13. The molecule has 0 spiro atoms. The van der Waals surface area contributed by atoms with Crippen molar-refractivity contribution < 1.29 is 13.2 Å².